The maximum atomic E-state index is 12.4. The van der Waals surface area contributed by atoms with Gasteiger partial charge in [-0.3, -0.25) is 9.59 Å². The normalized spacial score (nSPS) is 16.3. The lowest BCUT2D eigenvalue weighted by Crippen LogP contribution is -2.47. The zero-order chi connectivity index (χ0) is 18.2. The lowest BCUT2D eigenvalue weighted by molar-refractivity contribution is -0.143. The molecule has 7 heteroatoms. The second-order valence-electron chi connectivity index (χ2n) is 6.11. The van der Waals surface area contributed by atoms with Gasteiger partial charge in [0, 0.05) is 44.7 Å². The highest BCUT2D eigenvalue weighted by molar-refractivity contribution is 5.94. The Kier molecular flexibility index (Phi) is 6.94. The zero-order valence-corrected chi connectivity index (χ0v) is 14.3. The first-order chi connectivity index (χ1) is 12.0. The molecular formula is C18H24N2O5. The maximum absolute atomic E-state index is 12.4. The van der Waals surface area contributed by atoms with Crippen LogP contribution >= 0.6 is 0 Å². The van der Waals surface area contributed by atoms with Crippen molar-refractivity contribution in [3.8, 4) is 0 Å². The van der Waals surface area contributed by atoms with Crippen molar-refractivity contribution >= 4 is 17.8 Å². The molecule has 1 aromatic rings. The highest BCUT2D eigenvalue weighted by Gasteiger charge is 2.30. The Morgan fingerprint density at radius 2 is 1.88 bits per heavy atom. The van der Waals surface area contributed by atoms with Crippen LogP contribution in [0.5, 0.6) is 0 Å². The van der Waals surface area contributed by atoms with E-state index in [4.69, 9.17) is 9.84 Å². The van der Waals surface area contributed by atoms with Crippen LogP contribution < -0.4 is 5.32 Å². The minimum atomic E-state index is -1.07. The van der Waals surface area contributed by atoms with Crippen LogP contribution in [0.3, 0.4) is 0 Å². The number of rotatable bonds is 7. The third-order valence-corrected chi connectivity index (χ3v) is 4.40. The highest BCUT2D eigenvalue weighted by atomic mass is 16.5. The van der Waals surface area contributed by atoms with Gasteiger partial charge in [-0.2, -0.15) is 0 Å². The van der Waals surface area contributed by atoms with E-state index >= 15 is 0 Å². The number of methoxy groups -OCH3 is 1. The van der Waals surface area contributed by atoms with Crippen molar-refractivity contribution < 1.29 is 24.2 Å². The number of likely N-dealkylation sites (tertiary alicyclic amines) is 1. The molecule has 1 aromatic carbocycles. The summed E-state index contributed by atoms with van der Waals surface area (Å²) < 4.78 is 4.87. The van der Waals surface area contributed by atoms with Gasteiger partial charge < -0.3 is 20.1 Å². The number of amides is 2. The molecule has 7 nitrogen and oxygen atoms in total. The van der Waals surface area contributed by atoms with Gasteiger partial charge in [0.1, 0.15) is 6.04 Å². The third kappa shape index (κ3) is 5.29. The Balaban J connectivity index is 1.85. The molecule has 2 amide bonds. The summed E-state index contributed by atoms with van der Waals surface area (Å²) in [5.41, 5.74) is 0.635. The van der Waals surface area contributed by atoms with E-state index < -0.39 is 12.0 Å². The smallest absolute Gasteiger partial charge is 0.326 e. The van der Waals surface area contributed by atoms with Crippen molar-refractivity contribution in [3.05, 3.63) is 35.9 Å². The average molecular weight is 348 g/mol. The average Bonchev–Trinajstić information content (AvgIpc) is 2.65. The van der Waals surface area contributed by atoms with Gasteiger partial charge in [-0.15, -0.1) is 0 Å². The number of aliphatic carboxylic acids is 1. The lowest BCUT2D eigenvalue weighted by Gasteiger charge is -2.32. The first kappa shape index (κ1) is 18.9. The monoisotopic (exact) mass is 348 g/mol. The number of carboxylic acids is 1. The topological polar surface area (TPSA) is 95.9 Å². The number of nitrogens with one attached hydrogen (secondary N) is 1. The van der Waals surface area contributed by atoms with Crippen molar-refractivity contribution in [1.82, 2.24) is 10.2 Å². The Labute approximate surface area is 147 Å². The molecule has 1 saturated heterocycles. The summed E-state index contributed by atoms with van der Waals surface area (Å²) in [6, 6.07) is 8.09. The standard InChI is InChI=1S/C18H24N2O5/c1-25-12-9-15(18(23)24)19-16(21)13-7-10-20(11-8-13)17(22)14-5-3-2-4-6-14/h2-6,13,15H,7-12H2,1H3,(H,19,21)(H,23,24). The van der Waals surface area contributed by atoms with E-state index in [-0.39, 0.29) is 30.8 Å². The molecule has 1 aliphatic heterocycles. The molecule has 1 heterocycles. The molecule has 136 valence electrons. The number of carbonyl (C=O) groups excluding carboxylic acids is 2. The second kappa shape index (κ2) is 9.17. The van der Waals surface area contributed by atoms with Gasteiger partial charge in [-0.1, -0.05) is 18.2 Å². The van der Waals surface area contributed by atoms with Crippen molar-refractivity contribution in [2.75, 3.05) is 26.8 Å². The fourth-order valence-electron chi connectivity index (χ4n) is 2.89. The fraction of sp³-hybridized carbons (Fsp3) is 0.500. The Hall–Kier alpha value is -2.41. The Morgan fingerprint density at radius 1 is 1.24 bits per heavy atom. The summed E-state index contributed by atoms with van der Waals surface area (Å²) in [5.74, 6) is -1.65. The fourth-order valence-corrected chi connectivity index (χ4v) is 2.89. The quantitative estimate of drug-likeness (QED) is 0.770. The van der Waals surface area contributed by atoms with Crippen LogP contribution in [0, 0.1) is 5.92 Å². The summed E-state index contributed by atoms with van der Waals surface area (Å²) >= 11 is 0. The molecule has 0 saturated carbocycles. The number of carboxylic acid groups (broad SMARTS) is 1. The first-order valence-corrected chi connectivity index (χ1v) is 8.39. The molecule has 25 heavy (non-hydrogen) atoms. The molecule has 1 aliphatic rings. The number of benzene rings is 1. The van der Waals surface area contributed by atoms with Gasteiger partial charge in [0.15, 0.2) is 0 Å². The molecular weight excluding hydrogens is 324 g/mol. The van der Waals surface area contributed by atoms with Crippen LogP contribution in [-0.4, -0.2) is 60.6 Å². The molecule has 1 fully saturated rings. The summed E-state index contributed by atoms with van der Waals surface area (Å²) in [6.45, 7) is 1.24. The van der Waals surface area contributed by atoms with Crippen LogP contribution in [0.1, 0.15) is 29.6 Å². The molecule has 1 atom stereocenters. The summed E-state index contributed by atoms with van der Waals surface area (Å²) in [5, 5.41) is 11.7. The Morgan fingerprint density at radius 3 is 2.44 bits per heavy atom. The molecule has 1 unspecified atom stereocenters. The predicted octanol–water partition coefficient (Wildman–Crippen LogP) is 1.14. The van der Waals surface area contributed by atoms with Crippen LogP contribution in [-0.2, 0) is 14.3 Å². The van der Waals surface area contributed by atoms with Crippen LogP contribution in [0.4, 0.5) is 0 Å². The van der Waals surface area contributed by atoms with Gasteiger partial charge >= 0.3 is 5.97 Å². The van der Waals surface area contributed by atoms with Crippen molar-refractivity contribution in [1.29, 1.82) is 0 Å². The summed E-state index contributed by atoms with van der Waals surface area (Å²) in [7, 11) is 1.49. The van der Waals surface area contributed by atoms with E-state index in [1.165, 1.54) is 7.11 Å². The molecule has 0 spiro atoms. The lowest BCUT2D eigenvalue weighted by atomic mass is 9.95. The molecule has 0 bridgehead atoms. The summed E-state index contributed by atoms with van der Waals surface area (Å²) in [4.78, 5) is 37.6. The van der Waals surface area contributed by atoms with Crippen molar-refractivity contribution in [2.24, 2.45) is 5.92 Å². The minimum Gasteiger partial charge on any atom is -0.480 e. The number of hydrogen-bond acceptors (Lipinski definition) is 4. The number of carbonyl (C=O) groups is 3. The molecule has 0 aromatic heterocycles. The van der Waals surface area contributed by atoms with Gasteiger partial charge in [0.2, 0.25) is 5.91 Å². The van der Waals surface area contributed by atoms with E-state index in [9.17, 15) is 14.4 Å². The van der Waals surface area contributed by atoms with Gasteiger partial charge in [-0.25, -0.2) is 4.79 Å². The molecule has 2 N–H and O–H groups in total. The minimum absolute atomic E-state index is 0.0389. The van der Waals surface area contributed by atoms with Crippen LogP contribution in [0.25, 0.3) is 0 Å². The van der Waals surface area contributed by atoms with E-state index in [0.717, 1.165) is 0 Å². The van der Waals surface area contributed by atoms with E-state index in [0.29, 0.717) is 31.5 Å². The van der Waals surface area contributed by atoms with Crippen molar-refractivity contribution in [3.63, 3.8) is 0 Å². The highest BCUT2D eigenvalue weighted by Crippen LogP contribution is 2.19. The van der Waals surface area contributed by atoms with Crippen molar-refractivity contribution in [2.45, 2.75) is 25.3 Å². The molecule has 2 rings (SSSR count). The molecule has 0 radical (unpaired) electrons. The number of ether oxygens (including phenoxy) is 1. The molecule has 0 aliphatic carbocycles. The van der Waals surface area contributed by atoms with E-state index in [1.807, 2.05) is 18.2 Å². The largest absolute Gasteiger partial charge is 0.480 e. The first-order valence-electron chi connectivity index (χ1n) is 8.39. The predicted molar refractivity (Wildman–Crippen MR) is 91.1 cm³/mol. The van der Waals surface area contributed by atoms with Crippen LogP contribution in [0.15, 0.2) is 30.3 Å². The third-order valence-electron chi connectivity index (χ3n) is 4.40. The van der Waals surface area contributed by atoms with Gasteiger partial charge in [-0.05, 0) is 25.0 Å². The number of hydrogen-bond donors (Lipinski definition) is 2. The Bertz CT molecular complexity index is 597. The summed E-state index contributed by atoms with van der Waals surface area (Å²) in [6.07, 6.45) is 1.28. The number of piperidine rings is 1. The maximum Gasteiger partial charge on any atom is 0.326 e. The SMILES string of the molecule is COCCC(NC(=O)C1CCN(C(=O)c2ccccc2)CC1)C(=O)O. The number of nitrogens with zero attached hydrogens (tertiary/aromatic N) is 1. The zero-order valence-electron chi connectivity index (χ0n) is 14.3. The van der Waals surface area contributed by atoms with Crippen LogP contribution in [0.2, 0.25) is 0 Å². The second-order valence-corrected chi connectivity index (χ2v) is 6.11. The van der Waals surface area contributed by atoms with E-state index in [1.54, 1.807) is 17.0 Å². The van der Waals surface area contributed by atoms with E-state index in [2.05, 4.69) is 5.32 Å². The van der Waals surface area contributed by atoms with Gasteiger partial charge in [0.05, 0.1) is 0 Å². The van der Waals surface area contributed by atoms with Gasteiger partial charge in [0.25, 0.3) is 5.91 Å².